The van der Waals surface area contributed by atoms with Crippen molar-refractivity contribution in [1.29, 1.82) is 0 Å². The summed E-state index contributed by atoms with van der Waals surface area (Å²) in [6.07, 6.45) is 0. The van der Waals surface area contributed by atoms with E-state index in [0.29, 0.717) is 16.5 Å². The lowest BCUT2D eigenvalue weighted by Crippen LogP contribution is -2.36. The Balaban J connectivity index is 3.02. The number of rotatable bonds is 5. The van der Waals surface area contributed by atoms with Gasteiger partial charge in [0.1, 0.15) is 16.4 Å². The highest BCUT2D eigenvalue weighted by atomic mass is 32.2. The maximum atomic E-state index is 11.9. The van der Waals surface area contributed by atoms with E-state index >= 15 is 0 Å². The Morgan fingerprint density at radius 1 is 1.20 bits per heavy atom. The molecule has 1 aromatic heterocycles. The molecular formula is C13H19N3O3S. The molecule has 110 valence electrons. The number of hydrogen-bond donors (Lipinski definition) is 2. The average Bonchev–Trinajstić information content (AvgIpc) is 2.25. The summed E-state index contributed by atoms with van der Waals surface area (Å²) in [5.74, 6) is -0.733. The Hall–Kier alpha value is -1.63. The molecule has 0 saturated heterocycles. The third kappa shape index (κ3) is 4.19. The fourth-order valence-corrected chi connectivity index (χ4v) is 2.68. The van der Waals surface area contributed by atoms with Crippen molar-refractivity contribution in [2.24, 2.45) is 0 Å². The van der Waals surface area contributed by atoms with Gasteiger partial charge in [-0.2, -0.15) is 0 Å². The van der Waals surface area contributed by atoms with Crippen LogP contribution < -0.4 is 5.32 Å². The first-order valence-corrected chi connectivity index (χ1v) is 7.16. The van der Waals surface area contributed by atoms with Gasteiger partial charge in [0.15, 0.2) is 0 Å². The van der Waals surface area contributed by atoms with E-state index < -0.39 is 11.2 Å². The predicted molar refractivity (Wildman–Crippen MR) is 77.1 cm³/mol. The van der Waals surface area contributed by atoms with E-state index in [2.05, 4.69) is 15.3 Å². The van der Waals surface area contributed by atoms with Crippen molar-refractivity contribution < 1.29 is 14.7 Å². The van der Waals surface area contributed by atoms with E-state index in [1.165, 1.54) is 0 Å². The number of aromatic carboxylic acids is 1. The molecule has 1 amide bonds. The molecule has 0 radical (unpaired) electrons. The number of carbonyl (C=O) groups is 2. The molecule has 1 aromatic rings. The summed E-state index contributed by atoms with van der Waals surface area (Å²) in [6, 6.07) is 0.0402. The van der Waals surface area contributed by atoms with Crippen LogP contribution in [0, 0.1) is 13.8 Å². The van der Waals surface area contributed by atoms with E-state index in [-0.39, 0.29) is 17.5 Å². The summed E-state index contributed by atoms with van der Waals surface area (Å²) in [4.78, 5) is 31.4. The summed E-state index contributed by atoms with van der Waals surface area (Å²) in [7, 11) is 0. The number of nitrogens with zero attached hydrogens (tertiary/aromatic N) is 2. The molecule has 0 aliphatic rings. The second-order valence-corrected chi connectivity index (χ2v) is 6.09. The summed E-state index contributed by atoms with van der Waals surface area (Å²) in [6.45, 7) is 8.79. The van der Waals surface area contributed by atoms with Gasteiger partial charge in [-0.3, -0.25) is 4.79 Å². The summed E-state index contributed by atoms with van der Waals surface area (Å²) in [5, 5.41) is 11.9. The maximum Gasteiger partial charge on any atom is 0.340 e. The number of aryl methyl sites for hydroxylation is 2. The standard InChI is InChI=1S/C13H19N3O3S/c1-6(2)14-11(17)8(4)20-12-10(13(18)19)7(3)15-9(5)16-12/h6,8H,1-5H3,(H,14,17)(H,18,19). The molecule has 0 fully saturated rings. The first-order valence-electron chi connectivity index (χ1n) is 6.28. The fraction of sp³-hybridized carbons (Fsp3) is 0.538. The minimum atomic E-state index is -1.08. The third-order valence-electron chi connectivity index (χ3n) is 2.47. The normalized spacial score (nSPS) is 12.3. The van der Waals surface area contributed by atoms with Crippen LogP contribution in [-0.4, -0.2) is 38.2 Å². The average molecular weight is 297 g/mol. The second kappa shape index (κ2) is 6.69. The highest BCUT2D eigenvalue weighted by molar-refractivity contribution is 8.00. The first kappa shape index (κ1) is 16.4. The lowest BCUT2D eigenvalue weighted by molar-refractivity contribution is -0.120. The quantitative estimate of drug-likeness (QED) is 0.636. The molecule has 0 spiro atoms. The van der Waals surface area contributed by atoms with Crippen molar-refractivity contribution in [3.8, 4) is 0 Å². The number of amides is 1. The zero-order valence-electron chi connectivity index (χ0n) is 12.2. The van der Waals surface area contributed by atoms with Crippen LogP contribution in [0.4, 0.5) is 0 Å². The molecule has 1 atom stereocenters. The minimum absolute atomic E-state index is 0.0402. The second-order valence-electron chi connectivity index (χ2n) is 4.76. The van der Waals surface area contributed by atoms with Gasteiger partial charge in [0.2, 0.25) is 5.91 Å². The van der Waals surface area contributed by atoms with Crippen LogP contribution in [0.2, 0.25) is 0 Å². The number of nitrogens with one attached hydrogen (secondary N) is 1. The van der Waals surface area contributed by atoms with Crippen LogP contribution in [0.15, 0.2) is 5.03 Å². The number of aromatic nitrogens is 2. The molecule has 2 N–H and O–H groups in total. The lowest BCUT2D eigenvalue weighted by atomic mass is 10.2. The SMILES string of the molecule is Cc1nc(C)c(C(=O)O)c(SC(C)C(=O)NC(C)C)n1. The highest BCUT2D eigenvalue weighted by Gasteiger charge is 2.22. The lowest BCUT2D eigenvalue weighted by Gasteiger charge is -2.15. The molecular weight excluding hydrogens is 278 g/mol. The summed E-state index contributed by atoms with van der Waals surface area (Å²) >= 11 is 1.13. The molecule has 0 aromatic carbocycles. The van der Waals surface area contributed by atoms with E-state index in [4.69, 9.17) is 0 Å². The van der Waals surface area contributed by atoms with E-state index in [9.17, 15) is 14.7 Å². The van der Waals surface area contributed by atoms with Crippen LogP contribution >= 0.6 is 11.8 Å². The van der Waals surface area contributed by atoms with Crippen LogP contribution in [0.5, 0.6) is 0 Å². The van der Waals surface area contributed by atoms with Crippen molar-refractivity contribution in [1.82, 2.24) is 15.3 Å². The van der Waals surface area contributed by atoms with Gasteiger partial charge in [0, 0.05) is 6.04 Å². The van der Waals surface area contributed by atoms with Gasteiger partial charge in [-0.15, -0.1) is 0 Å². The van der Waals surface area contributed by atoms with Gasteiger partial charge in [-0.1, -0.05) is 11.8 Å². The van der Waals surface area contributed by atoms with E-state index in [0.717, 1.165) is 11.8 Å². The number of hydrogen-bond acceptors (Lipinski definition) is 5. The van der Waals surface area contributed by atoms with Gasteiger partial charge in [-0.25, -0.2) is 14.8 Å². The van der Waals surface area contributed by atoms with E-state index in [1.807, 2.05) is 13.8 Å². The zero-order chi connectivity index (χ0) is 15.4. The number of carboxylic acid groups (broad SMARTS) is 1. The van der Waals surface area contributed by atoms with Crippen LogP contribution in [0.1, 0.15) is 42.6 Å². The molecule has 0 aliphatic carbocycles. The molecule has 0 saturated carbocycles. The fourth-order valence-electron chi connectivity index (χ4n) is 1.64. The number of carbonyl (C=O) groups excluding carboxylic acids is 1. The maximum absolute atomic E-state index is 11.9. The molecule has 0 aliphatic heterocycles. The molecule has 0 bridgehead atoms. The Morgan fingerprint density at radius 2 is 1.80 bits per heavy atom. The van der Waals surface area contributed by atoms with Gasteiger partial charge in [-0.05, 0) is 34.6 Å². The van der Waals surface area contributed by atoms with Crippen LogP contribution in [0.3, 0.4) is 0 Å². The monoisotopic (exact) mass is 297 g/mol. The molecule has 1 heterocycles. The summed E-state index contributed by atoms with van der Waals surface area (Å²) < 4.78 is 0. The van der Waals surface area contributed by atoms with Crippen molar-refractivity contribution in [3.05, 3.63) is 17.1 Å². The molecule has 7 heteroatoms. The smallest absolute Gasteiger partial charge is 0.340 e. The number of carboxylic acids is 1. The first-order chi connectivity index (χ1) is 9.22. The topological polar surface area (TPSA) is 92.2 Å². The minimum Gasteiger partial charge on any atom is -0.478 e. The van der Waals surface area contributed by atoms with Crippen molar-refractivity contribution >= 4 is 23.6 Å². The van der Waals surface area contributed by atoms with Crippen molar-refractivity contribution in [2.75, 3.05) is 0 Å². The Morgan fingerprint density at radius 3 is 2.30 bits per heavy atom. The summed E-state index contributed by atoms with van der Waals surface area (Å²) in [5.41, 5.74) is 0.466. The molecule has 1 rings (SSSR count). The largest absolute Gasteiger partial charge is 0.478 e. The third-order valence-corrected chi connectivity index (χ3v) is 3.56. The zero-order valence-corrected chi connectivity index (χ0v) is 13.0. The van der Waals surface area contributed by atoms with Crippen molar-refractivity contribution in [3.63, 3.8) is 0 Å². The van der Waals surface area contributed by atoms with Crippen molar-refractivity contribution in [2.45, 2.75) is 50.9 Å². The van der Waals surface area contributed by atoms with Gasteiger partial charge < -0.3 is 10.4 Å². The van der Waals surface area contributed by atoms with E-state index in [1.54, 1.807) is 20.8 Å². The van der Waals surface area contributed by atoms with Crippen LogP contribution in [0.25, 0.3) is 0 Å². The Bertz CT molecular complexity index is 532. The molecule has 1 unspecified atom stereocenters. The molecule has 6 nitrogen and oxygen atoms in total. The predicted octanol–water partition coefficient (Wildman–Crippen LogP) is 1.80. The number of thioether (sulfide) groups is 1. The highest BCUT2D eigenvalue weighted by Crippen LogP contribution is 2.26. The van der Waals surface area contributed by atoms with Crippen LogP contribution in [-0.2, 0) is 4.79 Å². The van der Waals surface area contributed by atoms with Gasteiger partial charge in [0.25, 0.3) is 0 Å². The van der Waals surface area contributed by atoms with Gasteiger partial charge >= 0.3 is 5.97 Å². The van der Waals surface area contributed by atoms with Gasteiger partial charge in [0.05, 0.1) is 10.9 Å². The Labute approximate surface area is 122 Å². The molecule has 20 heavy (non-hydrogen) atoms. The Kier molecular flexibility index (Phi) is 5.50.